The van der Waals surface area contributed by atoms with E-state index in [0.717, 1.165) is 11.1 Å². The van der Waals surface area contributed by atoms with Crippen LogP contribution in [0.2, 0.25) is 0 Å². The van der Waals surface area contributed by atoms with Crippen LogP contribution in [0.3, 0.4) is 0 Å². The Hall–Kier alpha value is -2.58. The van der Waals surface area contributed by atoms with Crippen molar-refractivity contribution in [3.05, 3.63) is 59.7 Å². The third-order valence-electron chi connectivity index (χ3n) is 2.38. The molecule has 0 unspecified atom stereocenters. The Balaban J connectivity index is 2.69. The third-order valence-corrected chi connectivity index (χ3v) is 2.38. The van der Waals surface area contributed by atoms with Crippen molar-refractivity contribution < 1.29 is 0 Å². The lowest BCUT2D eigenvalue weighted by molar-refractivity contribution is 1.43. The summed E-state index contributed by atoms with van der Waals surface area (Å²) in [7, 11) is 0. The van der Waals surface area contributed by atoms with Gasteiger partial charge in [-0.05, 0) is 11.6 Å². The number of nitrogens with zero attached hydrogens (tertiary/aromatic N) is 2. The quantitative estimate of drug-likeness (QED) is 0.716. The highest BCUT2D eigenvalue weighted by Gasteiger charge is 2.08. The zero-order valence-corrected chi connectivity index (χ0v) is 8.51. The zero-order valence-electron chi connectivity index (χ0n) is 8.51. The number of rotatable bonds is 1. The van der Waals surface area contributed by atoms with Crippen molar-refractivity contribution in [3.63, 3.8) is 0 Å². The molecule has 0 bridgehead atoms. The summed E-state index contributed by atoms with van der Waals surface area (Å²) < 4.78 is 0. The van der Waals surface area contributed by atoms with Crippen LogP contribution in [0.1, 0.15) is 11.1 Å². The summed E-state index contributed by atoms with van der Waals surface area (Å²) in [4.78, 5) is 0. The molecular weight excluding hydrogens is 196 g/mol. The van der Waals surface area contributed by atoms with Crippen molar-refractivity contribution in [2.24, 2.45) is 0 Å². The topological polar surface area (TPSA) is 47.6 Å². The zero-order chi connectivity index (χ0) is 11.4. The van der Waals surface area contributed by atoms with E-state index in [2.05, 4.69) is 6.07 Å². The van der Waals surface area contributed by atoms with Gasteiger partial charge in [0, 0.05) is 5.56 Å². The Morgan fingerprint density at radius 2 is 1.50 bits per heavy atom. The molecular formula is C14H8N2. The van der Waals surface area contributed by atoms with Gasteiger partial charge in [-0.3, -0.25) is 0 Å². The number of nitriles is 2. The summed E-state index contributed by atoms with van der Waals surface area (Å²) in [5.41, 5.74) is 2.62. The summed E-state index contributed by atoms with van der Waals surface area (Å²) in [6, 6.07) is 19.0. The smallest absolute Gasteiger partial charge is 0.101 e. The standard InChI is InChI=1S/C14H8N2/c15-9-12-7-4-8-13(14(12)10-16)11-5-2-1-3-6-11/h1-8H. The van der Waals surface area contributed by atoms with E-state index in [4.69, 9.17) is 10.5 Å². The van der Waals surface area contributed by atoms with Crippen LogP contribution in [0, 0.1) is 22.7 Å². The van der Waals surface area contributed by atoms with Crippen LogP contribution < -0.4 is 0 Å². The molecule has 2 rings (SSSR count). The molecule has 0 aromatic heterocycles. The van der Waals surface area contributed by atoms with Crippen molar-refractivity contribution >= 4 is 0 Å². The van der Waals surface area contributed by atoms with Crippen molar-refractivity contribution in [1.29, 1.82) is 10.5 Å². The van der Waals surface area contributed by atoms with Crippen molar-refractivity contribution in [1.82, 2.24) is 0 Å². The molecule has 0 saturated heterocycles. The molecule has 0 heterocycles. The molecule has 2 aromatic carbocycles. The van der Waals surface area contributed by atoms with Gasteiger partial charge in [-0.15, -0.1) is 0 Å². The van der Waals surface area contributed by atoms with Crippen molar-refractivity contribution in [2.75, 3.05) is 0 Å². The van der Waals surface area contributed by atoms with Gasteiger partial charge < -0.3 is 0 Å². The SMILES string of the molecule is N#Cc1cccc(-c2ccccc2)c1C#N. The van der Waals surface area contributed by atoms with Gasteiger partial charge in [0.1, 0.15) is 12.1 Å². The molecule has 0 N–H and O–H groups in total. The lowest BCUT2D eigenvalue weighted by Gasteiger charge is -2.04. The molecule has 0 aliphatic rings. The lowest BCUT2D eigenvalue weighted by atomic mass is 9.97. The first-order valence-corrected chi connectivity index (χ1v) is 4.85. The van der Waals surface area contributed by atoms with Crippen molar-refractivity contribution in [2.45, 2.75) is 0 Å². The lowest BCUT2D eigenvalue weighted by Crippen LogP contribution is -1.88. The van der Waals surface area contributed by atoms with E-state index in [1.807, 2.05) is 42.5 Å². The van der Waals surface area contributed by atoms with Crippen molar-refractivity contribution in [3.8, 4) is 23.3 Å². The highest BCUT2D eigenvalue weighted by Crippen LogP contribution is 2.25. The van der Waals surface area contributed by atoms with E-state index in [0.29, 0.717) is 11.1 Å². The number of hydrogen-bond acceptors (Lipinski definition) is 2. The number of benzene rings is 2. The van der Waals surface area contributed by atoms with Crippen LogP contribution in [-0.2, 0) is 0 Å². The predicted molar refractivity (Wildman–Crippen MR) is 61.3 cm³/mol. The monoisotopic (exact) mass is 204 g/mol. The molecule has 0 atom stereocenters. The summed E-state index contributed by atoms with van der Waals surface area (Å²) in [6.07, 6.45) is 0. The van der Waals surface area contributed by atoms with E-state index in [1.165, 1.54) is 0 Å². The molecule has 2 aromatic rings. The van der Waals surface area contributed by atoms with Crippen LogP contribution in [-0.4, -0.2) is 0 Å². The summed E-state index contributed by atoms with van der Waals surface area (Å²) >= 11 is 0. The predicted octanol–water partition coefficient (Wildman–Crippen LogP) is 3.10. The number of hydrogen-bond donors (Lipinski definition) is 0. The van der Waals surface area contributed by atoms with Crippen LogP contribution in [0.15, 0.2) is 48.5 Å². The van der Waals surface area contributed by atoms with Gasteiger partial charge in [-0.25, -0.2) is 0 Å². The van der Waals surface area contributed by atoms with Gasteiger partial charge in [-0.1, -0.05) is 42.5 Å². The highest BCUT2D eigenvalue weighted by atomic mass is 14.3. The Kier molecular flexibility index (Phi) is 2.67. The molecule has 0 aliphatic heterocycles. The third kappa shape index (κ3) is 1.65. The highest BCUT2D eigenvalue weighted by molar-refractivity contribution is 5.73. The fourth-order valence-electron chi connectivity index (χ4n) is 1.62. The van der Waals surface area contributed by atoms with E-state index in [-0.39, 0.29) is 0 Å². The largest absolute Gasteiger partial charge is 0.192 e. The van der Waals surface area contributed by atoms with E-state index >= 15 is 0 Å². The molecule has 2 nitrogen and oxygen atoms in total. The minimum Gasteiger partial charge on any atom is -0.192 e. The molecule has 0 spiro atoms. The Labute approximate surface area is 94.0 Å². The molecule has 0 fully saturated rings. The maximum atomic E-state index is 9.09. The molecule has 0 radical (unpaired) electrons. The first kappa shape index (κ1) is 9.96. The fraction of sp³-hybridized carbons (Fsp3) is 0. The van der Waals surface area contributed by atoms with E-state index < -0.39 is 0 Å². The second-order valence-electron chi connectivity index (χ2n) is 3.32. The van der Waals surface area contributed by atoms with E-state index in [1.54, 1.807) is 12.1 Å². The van der Waals surface area contributed by atoms with Crippen LogP contribution in [0.5, 0.6) is 0 Å². The Bertz CT molecular complexity index is 586. The Morgan fingerprint density at radius 3 is 2.12 bits per heavy atom. The first-order valence-electron chi connectivity index (χ1n) is 4.85. The van der Waals surface area contributed by atoms with Crippen LogP contribution in [0.25, 0.3) is 11.1 Å². The second kappa shape index (κ2) is 4.29. The minimum atomic E-state index is 0.420. The molecule has 2 heteroatoms. The summed E-state index contributed by atoms with van der Waals surface area (Å²) in [5, 5.41) is 18.0. The molecule has 16 heavy (non-hydrogen) atoms. The average Bonchev–Trinajstić information content (AvgIpc) is 2.38. The van der Waals surface area contributed by atoms with Gasteiger partial charge in [0.15, 0.2) is 0 Å². The normalized spacial score (nSPS) is 9.12. The Morgan fingerprint density at radius 1 is 0.750 bits per heavy atom. The van der Waals surface area contributed by atoms with E-state index in [9.17, 15) is 0 Å². The van der Waals surface area contributed by atoms with Gasteiger partial charge in [0.25, 0.3) is 0 Å². The molecule has 74 valence electrons. The summed E-state index contributed by atoms with van der Waals surface area (Å²) in [5.74, 6) is 0. The van der Waals surface area contributed by atoms with Gasteiger partial charge >= 0.3 is 0 Å². The molecule has 0 amide bonds. The maximum absolute atomic E-state index is 9.09. The fourth-order valence-corrected chi connectivity index (χ4v) is 1.62. The van der Waals surface area contributed by atoms with Gasteiger partial charge in [-0.2, -0.15) is 10.5 Å². The first-order chi connectivity index (χ1) is 7.86. The molecule has 0 saturated carbocycles. The second-order valence-corrected chi connectivity index (χ2v) is 3.32. The molecule has 0 aliphatic carbocycles. The summed E-state index contributed by atoms with van der Waals surface area (Å²) in [6.45, 7) is 0. The van der Waals surface area contributed by atoms with Gasteiger partial charge in [0.2, 0.25) is 0 Å². The van der Waals surface area contributed by atoms with Gasteiger partial charge in [0.05, 0.1) is 11.1 Å². The van der Waals surface area contributed by atoms with Crippen LogP contribution in [0.4, 0.5) is 0 Å². The minimum absolute atomic E-state index is 0.420. The maximum Gasteiger partial charge on any atom is 0.101 e. The van der Waals surface area contributed by atoms with Crippen LogP contribution >= 0.6 is 0 Å². The average molecular weight is 204 g/mol.